The molecule has 1 fully saturated rings. The van der Waals surface area contributed by atoms with Crippen molar-refractivity contribution < 1.29 is 13.2 Å². The molecule has 0 aromatic heterocycles. The van der Waals surface area contributed by atoms with Crippen molar-refractivity contribution in [3.8, 4) is 16.9 Å². The second kappa shape index (κ2) is 11.6. The molecule has 5 nitrogen and oxygen atoms in total. The number of methoxy groups -OCH3 is 1. The molecule has 0 bridgehead atoms. The highest BCUT2D eigenvalue weighted by molar-refractivity contribution is 7.89. The first-order chi connectivity index (χ1) is 17.3. The Hall–Kier alpha value is -2.67. The molecule has 4 rings (SSSR count). The van der Waals surface area contributed by atoms with E-state index in [0.29, 0.717) is 29.9 Å². The molecule has 2 unspecified atom stereocenters. The molecule has 1 aliphatic heterocycles. The fourth-order valence-corrected chi connectivity index (χ4v) is 6.84. The lowest BCUT2D eigenvalue weighted by atomic mass is 9.83. The summed E-state index contributed by atoms with van der Waals surface area (Å²) in [4.78, 5) is 2.93. The SMILES string of the molecule is CCN(CCCCN1CC(c2ccc(-c3cccc(OC)c3)cc2)C1C)S(=O)(=O)c1ccccc1C. The van der Waals surface area contributed by atoms with Gasteiger partial charge in [-0.1, -0.05) is 61.5 Å². The van der Waals surface area contributed by atoms with Crippen LogP contribution in [0.4, 0.5) is 0 Å². The number of aryl methyl sites for hydroxylation is 1. The number of likely N-dealkylation sites (tertiary alicyclic amines) is 1. The molecule has 1 saturated heterocycles. The lowest BCUT2D eigenvalue weighted by molar-refractivity contribution is 0.0705. The van der Waals surface area contributed by atoms with E-state index >= 15 is 0 Å². The summed E-state index contributed by atoms with van der Waals surface area (Å²) >= 11 is 0. The van der Waals surface area contributed by atoms with E-state index in [1.165, 1.54) is 11.1 Å². The minimum absolute atomic E-state index is 0.420. The van der Waals surface area contributed by atoms with Crippen LogP contribution in [0.2, 0.25) is 0 Å². The normalized spacial score (nSPS) is 18.2. The van der Waals surface area contributed by atoms with Gasteiger partial charge in [0.1, 0.15) is 5.75 Å². The molecule has 0 aliphatic carbocycles. The molecule has 0 spiro atoms. The van der Waals surface area contributed by atoms with Crippen molar-refractivity contribution in [2.24, 2.45) is 0 Å². The largest absolute Gasteiger partial charge is 0.497 e. The Morgan fingerprint density at radius 1 is 0.972 bits per heavy atom. The zero-order valence-electron chi connectivity index (χ0n) is 21.9. The highest BCUT2D eigenvalue weighted by atomic mass is 32.2. The van der Waals surface area contributed by atoms with Crippen LogP contribution in [0.3, 0.4) is 0 Å². The first kappa shape index (κ1) is 26.4. The average Bonchev–Trinajstić information content (AvgIpc) is 2.90. The smallest absolute Gasteiger partial charge is 0.243 e. The van der Waals surface area contributed by atoms with Gasteiger partial charge >= 0.3 is 0 Å². The first-order valence-corrected chi connectivity index (χ1v) is 14.3. The Kier molecular flexibility index (Phi) is 8.50. The molecular weight excluding hydrogens is 468 g/mol. The minimum atomic E-state index is -3.44. The van der Waals surface area contributed by atoms with Crippen LogP contribution < -0.4 is 4.74 Å². The molecule has 0 radical (unpaired) electrons. The molecule has 6 heteroatoms. The number of benzene rings is 3. The summed E-state index contributed by atoms with van der Waals surface area (Å²) < 4.78 is 33.1. The van der Waals surface area contributed by atoms with Crippen LogP contribution in [0.15, 0.2) is 77.7 Å². The summed E-state index contributed by atoms with van der Waals surface area (Å²) in [7, 11) is -1.75. The van der Waals surface area contributed by atoms with Gasteiger partial charge in [0.2, 0.25) is 10.0 Å². The quantitative estimate of drug-likeness (QED) is 0.302. The molecule has 36 heavy (non-hydrogen) atoms. The lowest BCUT2D eigenvalue weighted by Crippen LogP contribution is -2.53. The summed E-state index contributed by atoms with van der Waals surface area (Å²) in [5, 5.41) is 0. The number of hydrogen-bond acceptors (Lipinski definition) is 4. The van der Waals surface area contributed by atoms with E-state index in [-0.39, 0.29) is 0 Å². The summed E-state index contributed by atoms with van der Waals surface area (Å²) in [6.45, 7) is 9.17. The van der Waals surface area contributed by atoms with Gasteiger partial charge in [0.05, 0.1) is 12.0 Å². The number of hydrogen-bond donors (Lipinski definition) is 0. The molecule has 2 atom stereocenters. The second-order valence-electron chi connectivity index (χ2n) is 9.67. The van der Waals surface area contributed by atoms with E-state index in [9.17, 15) is 8.42 Å². The predicted molar refractivity (Wildman–Crippen MR) is 147 cm³/mol. The Morgan fingerprint density at radius 3 is 2.39 bits per heavy atom. The van der Waals surface area contributed by atoms with E-state index in [2.05, 4.69) is 48.2 Å². The molecule has 0 saturated carbocycles. The zero-order valence-corrected chi connectivity index (χ0v) is 22.7. The third kappa shape index (κ3) is 5.66. The topological polar surface area (TPSA) is 49.9 Å². The maximum absolute atomic E-state index is 13.1. The van der Waals surface area contributed by atoms with Gasteiger partial charge in [0, 0.05) is 31.6 Å². The summed E-state index contributed by atoms with van der Waals surface area (Å²) in [6.07, 6.45) is 1.85. The molecular formula is C30H38N2O3S. The maximum atomic E-state index is 13.1. The second-order valence-corrected chi connectivity index (χ2v) is 11.6. The number of rotatable bonds is 11. The van der Waals surface area contributed by atoms with Gasteiger partial charge in [-0.25, -0.2) is 8.42 Å². The minimum Gasteiger partial charge on any atom is -0.497 e. The van der Waals surface area contributed by atoms with Gasteiger partial charge in [-0.2, -0.15) is 4.31 Å². The van der Waals surface area contributed by atoms with E-state index in [1.807, 2.05) is 38.1 Å². The van der Waals surface area contributed by atoms with E-state index < -0.39 is 10.0 Å². The molecule has 192 valence electrons. The van der Waals surface area contributed by atoms with Crippen LogP contribution >= 0.6 is 0 Å². The predicted octanol–water partition coefficient (Wildman–Crippen LogP) is 5.95. The van der Waals surface area contributed by atoms with Crippen LogP contribution in [-0.2, 0) is 10.0 Å². The highest BCUT2D eigenvalue weighted by Gasteiger charge is 2.35. The number of unbranched alkanes of at least 4 members (excludes halogenated alkanes) is 1. The van der Waals surface area contributed by atoms with Gasteiger partial charge in [0.25, 0.3) is 0 Å². The monoisotopic (exact) mass is 506 g/mol. The van der Waals surface area contributed by atoms with Gasteiger partial charge < -0.3 is 4.74 Å². The van der Waals surface area contributed by atoms with Crippen LogP contribution in [0, 0.1) is 6.92 Å². The fourth-order valence-electron chi connectivity index (χ4n) is 5.13. The van der Waals surface area contributed by atoms with Crippen molar-refractivity contribution in [3.63, 3.8) is 0 Å². The van der Waals surface area contributed by atoms with Gasteiger partial charge in [0.15, 0.2) is 0 Å². The Bertz CT molecular complexity index is 1260. The van der Waals surface area contributed by atoms with Crippen LogP contribution in [0.5, 0.6) is 5.75 Å². The first-order valence-electron chi connectivity index (χ1n) is 12.9. The van der Waals surface area contributed by atoms with Crippen molar-refractivity contribution in [3.05, 3.63) is 83.9 Å². The average molecular weight is 507 g/mol. The molecule has 3 aromatic rings. The van der Waals surface area contributed by atoms with Crippen molar-refractivity contribution >= 4 is 10.0 Å². The Morgan fingerprint density at radius 2 is 1.72 bits per heavy atom. The fraction of sp³-hybridized carbons (Fsp3) is 0.400. The summed E-state index contributed by atoms with van der Waals surface area (Å²) in [5.74, 6) is 1.41. The van der Waals surface area contributed by atoms with Crippen LogP contribution in [0.1, 0.15) is 43.7 Å². The molecule has 0 N–H and O–H groups in total. The van der Waals surface area contributed by atoms with Gasteiger partial charge in [-0.05, 0) is 73.7 Å². The summed E-state index contributed by atoms with van der Waals surface area (Å²) in [5.41, 5.74) is 4.54. The van der Waals surface area contributed by atoms with Crippen molar-refractivity contribution in [1.82, 2.24) is 9.21 Å². The Labute approximate surface area is 216 Å². The van der Waals surface area contributed by atoms with E-state index in [4.69, 9.17) is 4.74 Å². The van der Waals surface area contributed by atoms with Crippen molar-refractivity contribution in [2.75, 3.05) is 33.3 Å². The molecule has 3 aromatic carbocycles. The third-order valence-corrected chi connectivity index (χ3v) is 9.63. The van der Waals surface area contributed by atoms with E-state index in [0.717, 1.165) is 42.8 Å². The Balaban J connectivity index is 1.26. The lowest BCUT2D eigenvalue weighted by Gasteiger charge is -2.47. The highest BCUT2D eigenvalue weighted by Crippen LogP contribution is 2.35. The van der Waals surface area contributed by atoms with Crippen LogP contribution in [-0.4, -0.2) is 57.0 Å². The van der Waals surface area contributed by atoms with Gasteiger partial charge in [-0.15, -0.1) is 0 Å². The maximum Gasteiger partial charge on any atom is 0.243 e. The number of ether oxygens (including phenoxy) is 1. The third-order valence-electron chi connectivity index (χ3n) is 7.50. The van der Waals surface area contributed by atoms with Crippen molar-refractivity contribution in [2.45, 2.75) is 50.5 Å². The molecule has 1 heterocycles. The molecule has 0 amide bonds. The van der Waals surface area contributed by atoms with Crippen molar-refractivity contribution in [1.29, 1.82) is 0 Å². The van der Waals surface area contributed by atoms with Gasteiger partial charge in [-0.3, -0.25) is 4.90 Å². The van der Waals surface area contributed by atoms with E-state index in [1.54, 1.807) is 23.5 Å². The summed E-state index contributed by atoms with van der Waals surface area (Å²) in [6, 6.07) is 24.8. The molecule has 1 aliphatic rings. The standard InChI is InChI=1S/C30H38N2O3S/c1-5-32(36(33,34)30-14-7-6-11-23(30)2)20-9-8-19-31-22-29(24(31)3)26-17-15-25(16-18-26)27-12-10-13-28(21-27)35-4/h6-7,10-18,21,24,29H,5,8-9,19-20,22H2,1-4H3. The van der Waals surface area contributed by atoms with Crippen LogP contribution in [0.25, 0.3) is 11.1 Å². The number of sulfonamides is 1. The number of nitrogens with zero attached hydrogens (tertiary/aromatic N) is 2. The zero-order chi connectivity index (χ0) is 25.7.